The fourth-order valence-electron chi connectivity index (χ4n) is 1.33. The zero-order valence-corrected chi connectivity index (χ0v) is 9.03. The van der Waals surface area contributed by atoms with E-state index in [-0.39, 0.29) is 11.4 Å². The van der Waals surface area contributed by atoms with E-state index in [1.54, 1.807) is 13.0 Å². The first-order valence-electron chi connectivity index (χ1n) is 4.92. The van der Waals surface area contributed by atoms with Crippen LogP contribution in [0.15, 0.2) is 34.7 Å². The molecule has 88 valence electrons. The van der Waals surface area contributed by atoms with Crippen LogP contribution in [0.1, 0.15) is 16.3 Å². The summed E-state index contributed by atoms with van der Waals surface area (Å²) in [6, 6.07) is 6.78. The molecule has 0 aliphatic carbocycles. The van der Waals surface area contributed by atoms with Gasteiger partial charge in [0.05, 0.1) is 0 Å². The molecule has 0 aliphatic rings. The minimum Gasteiger partial charge on any atom is -0.505 e. The van der Waals surface area contributed by atoms with Crippen LogP contribution in [-0.4, -0.2) is 11.0 Å². The SMILES string of the molecule is Cc1ccc(C(=O)Nc2ccc(O)c(F)c2)o1. The lowest BCUT2D eigenvalue weighted by molar-refractivity contribution is 0.0995. The molecule has 17 heavy (non-hydrogen) atoms. The number of aryl methyl sites for hydroxylation is 1. The highest BCUT2D eigenvalue weighted by Gasteiger charge is 2.11. The number of phenols is 1. The normalized spacial score (nSPS) is 10.2. The molecule has 5 heteroatoms. The van der Waals surface area contributed by atoms with Gasteiger partial charge in [0, 0.05) is 11.8 Å². The van der Waals surface area contributed by atoms with Gasteiger partial charge in [0.15, 0.2) is 17.3 Å². The summed E-state index contributed by atoms with van der Waals surface area (Å²) in [5.74, 6) is -0.957. The van der Waals surface area contributed by atoms with Gasteiger partial charge >= 0.3 is 0 Å². The standard InChI is InChI=1S/C12H10FNO3/c1-7-2-5-11(17-7)12(16)14-8-3-4-10(15)9(13)6-8/h2-6,15H,1H3,(H,14,16). The van der Waals surface area contributed by atoms with E-state index in [4.69, 9.17) is 9.52 Å². The van der Waals surface area contributed by atoms with Crippen LogP contribution >= 0.6 is 0 Å². The maximum atomic E-state index is 13.0. The predicted molar refractivity (Wildman–Crippen MR) is 59.5 cm³/mol. The molecule has 2 rings (SSSR count). The molecule has 0 atom stereocenters. The van der Waals surface area contributed by atoms with E-state index in [9.17, 15) is 9.18 Å². The highest BCUT2D eigenvalue weighted by Crippen LogP contribution is 2.20. The van der Waals surface area contributed by atoms with Crippen LogP contribution in [0, 0.1) is 12.7 Å². The lowest BCUT2D eigenvalue weighted by Gasteiger charge is -2.03. The minimum absolute atomic E-state index is 0.149. The largest absolute Gasteiger partial charge is 0.505 e. The second-order valence-corrected chi connectivity index (χ2v) is 3.53. The zero-order chi connectivity index (χ0) is 12.4. The summed E-state index contributed by atoms with van der Waals surface area (Å²) in [6.07, 6.45) is 0. The molecule has 0 bridgehead atoms. The maximum absolute atomic E-state index is 13.0. The number of hydrogen-bond acceptors (Lipinski definition) is 3. The van der Waals surface area contributed by atoms with Gasteiger partial charge < -0.3 is 14.8 Å². The average Bonchev–Trinajstić information content (AvgIpc) is 2.70. The molecule has 2 N–H and O–H groups in total. The molecule has 0 saturated carbocycles. The first-order chi connectivity index (χ1) is 8.06. The first kappa shape index (κ1) is 11.2. The number of phenolic OH excluding ortho intramolecular Hbond substituents is 1. The maximum Gasteiger partial charge on any atom is 0.291 e. The zero-order valence-electron chi connectivity index (χ0n) is 9.03. The molecule has 0 saturated heterocycles. The van der Waals surface area contributed by atoms with E-state index in [0.717, 1.165) is 6.07 Å². The molecule has 1 aromatic heterocycles. The van der Waals surface area contributed by atoms with Crippen LogP contribution in [0.2, 0.25) is 0 Å². The van der Waals surface area contributed by atoms with Crippen molar-refractivity contribution >= 4 is 11.6 Å². The topological polar surface area (TPSA) is 62.5 Å². The van der Waals surface area contributed by atoms with Gasteiger partial charge in [-0.2, -0.15) is 0 Å². The van der Waals surface area contributed by atoms with Crippen LogP contribution in [0.5, 0.6) is 5.75 Å². The van der Waals surface area contributed by atoms with Gasteiger partial charge in [0.25, 0.3) is 5.91 Å². The average molecular weight is 235 g/mol. The van der Waals surface area contributed by atoms with Crippen molar-refractivity contribution in [1.82, 2.24) is 0 Å². The summed E-state index contributed by atoms with van der Waals surface area (Å²) < 4.78 is 18.1. The Bertz CT molecular complexity index is 563. The fourth-order valence-corrected chi connectivity index (χ4v) is 1.33. The number of anilines is 1. The molecule has 1 heterocycles. The van der Waals surface area contributed by atoms with E-state index in [2.05, 4.69) is 5.32 Å². The van der Waals surface area contributed by atoms with Crippen molar-refractivity contribution in [3.63, 3.8) is 0 Å². The molecule has 0 unspecified atom stereocenters. The Balaban J connectivity index is 2.15. The number of aromatic hydroxyl groups is 1. The Morgan fingerprint density at radius 1 is 1.35 bits per heavy atom. The fraction of sp³-hybridized carbons (Fsp3) is 0.0833. The Morgan fingerprint density at radius 2 is 2.12 bits per heavy atom. The second kappa shape index (κ2) is 4.29. The number of carbonyl (C=O) groups is 1. The molecule has 1 amide bonds. The van der Waals surface area contributed by atoms with E-state index >= 15 is 0 Å². The molecule has 1 aromatic carbocycles. The van der Waals surface area contributed by atoms with Crippen molar-refractivity contribution in [2.24, 2.45) is 0 Å². The van der Waals surface area contributed by atoms with Crippen molar-refractivity contribution in [2.75, 3.05) is 5.32 Å². The van der Waals surface area contributed by atoms with Gasteiger partial charge in [0.2, 0.25) is 0 Å². The summed E-state index contributed by atoms with van der Waals surface area (Å²) in [6.45, 7) is 1.72. The summed E-state index contributed by atoms with van der Waals surface area (Å²) in [7, 11) is 0. The summed E-state index contributed by atoms with van der Waals surface area (Å²) in [4.78, 5) is 11.6. The number of rotatable bonds is 2. The molecule has 4 nitrogen and oxygen atoms in total. The van der Waals surface area contributed by atoms with Gasteiger partial charge in [-0.25, -0.2) is 4.39 Å². The van der Waals surface area contributed by atoms with Gasteiger partial charge in [-0.15, -0.1) is 0 Å². The monoisotopic (exact) mass is 235 g/mol. The summed E-state index contributed by atoms with van der Waals surface area (Å²) in [5, 5.41) is 11.4. The Hall–Kier alpha value is -2.30. The number of amides is 1. The van der Waals surface area contributed by atoms with E-state index in [1.165, 1.54) is 18.2 Å². The number of furan rings is 1. The first-order valence-corrected chi connectivity index (χ1v) is 4.92. The summed E-state index contributed by atoms with van der Waals surface area (Å²) in [5.41, 5.74) is 0.249. The number of halogens is 1. The van der Waals surface area contributed by atoms with Crippen LogP contribution in [0.3, 0.4) is 0 Å². The third-order valence-electron chi connectivity index (χ3n) is 2.17. The molecule has 0 fully saturated rings. The van der Waals surface area contributed by atoms with Crippen molar-refractivity contribution in [2.45, 2.75) is 6.92 Å². The van der Waals surface area contributed by atoms with Gasteiger partial charge in [-0.1, -0.05) is 0 Å². The highest BCUT2D eigenvalue weighted by molar-refractivity contribution is 6.02. The predicted octanol–water partition coefficient (Wildman–Crippen LogP) is 2.69. The van der Waals surface area contributed by atoms with Crippen LogP contribution < -0.4 is 5.32 Å². The number of carbonyl (C=O) groups excluding carboxylic acids is 1. The molecule has 2 aromatic rings. The summed E-state index contributed by atoms with van der Waals surface area (Å²) >= 11 is 0. The molecule has 0 radical (unpaired) electrons. The lowest BCUT2D eigenvalue weighted by Crippen LogP contribution is -2.10. The van der Waals surface area contributed by atoms with E-state index < -0.39 is 17.5 Å². The number of benzene rings is 1. The van der Waals surface area contributed by atoms with Gasteiger partial charge in [-0.05, 0) is 31.2 Å². The molecular formula is C12H10FNO3. The van der Waals surface area contributed by atoms with Crippen LogP contribution in [0.25, 0.3) is 0 Å². The van der Waals surface area contributed by atoms with E-state index in [0.29, 0.717) is 5.76 Å². The Morgan fingerprint density at radius 3 is 2.71 bits per heavy atom. The van der Waals surface area contributed by atoms with Gasteiger partial charge in [-0.3, -0.25) is 4.79 Å². The Kier molecular flexibility index (Phi) is 2.82. The second-order valence-electron chi connectivity index (χ2n) is 3.53. The van der Waals surface area contributed by atoms with Crippen LogP contribution in [0.4, 0.5) is 10.1 Å². The van der Waals surface area contributed by atoms with Crippen molar-refractivity contribution in [3.8, 4) is 5.75 Å². The smallest absolute Gasteiger partial charge is 0.291 e. The number of hydrogen-bond donors (Lipinski definition) is 2. The third kappa shape index (κ3) is 2.44. The quantitative estimate of drug-likeness (QED) is 0.786. The highest BCUT2D eigenvalue weighted by atomic mass is 19.1. The van der Waals surface area contributed by atoms with E-state index in [1.807, 2.05) is 0 Å². The number of nitrogens with one attached hydrogen (secondary N) is 1. The molecular weight excluding hydrogens is 225 g/mol. The van der Waals surface area contributed by atoms with Crippen molar-refractivity contribution in [3.05, 3.63) is 47.7 Å². The molecule has 0 spiro atoms. The minimum atomic E-state index is -0.793. The Labute approximate surface area is 96.7 Å². The van der Waals surface area contributed by atoms with Crippen LogP contribution in [-0.2, 0) is 0 Å². The lowest BCUT2D eigenvalue weighted by atomic mass is 10.3. The van der Waals surface area contributed by atoms with Crippen molar-refractivity contribution < 1.29 is 18.7 Å². The third-order valence-corrected chi connectivity index (χ3v) is 2.17. The van der Waals surface area contributed by atoms with Crippen molar-refractivity contribution in [1.29, 1.82) is 0 Å². The molecule has 0 aliphatic heterocycles. The van der Waals surface area contributed by atoms with Gasteiger partial charge in [0.1, 0.15) is 5.76 Å².